The van der Waals surface area contributed by atoms with Crippen LogP contribution in [-0.4, -0.2) is 17.7 Å². The number of fused-ring (bicyclic) bond motifs is 3. The highest BCUT2D eigenvalue weighted by atomic mass is 16.6. The first-order chi connectivity index (χ1) is 12.3. The minimum absolute atomic E-state index is 0.0430. The zero-order valence-electron chi connectivity index (χ0n) is 16.4. The molecular formula is C23H30O3. The van der Waals surface area contributed by atoms with Gasteiger partial charge in [0, 0.05) is 12.3 Å². The van der Waals surface area contributed by atoms with Crippen LogP contribution in [0.2, 0.25) is 0 Å². The fourth-order valence-corrected chi connectivity index (χ4v) is 7.40. The number of esters is 1. The van der Waals surface area contributed by atoms with Crippen molar-refractivity contribution < 1.29 is 14.3 Å². The lowest BCUT2D eigenvalue weighted by atomic mass is 9.48. The van der Waals surface area contributed by atoms with Gasteiger partial charge in [-0.05, 0) is 73.5 Å². The molecule has 0 unspecified atom stereocenters. The molecule has 3 nitrogen and oxygen atoms in total. The molecule has 0 bridgehead atoms. The smallest absolute Gasteiger partial charge is 0.308 e. The maximum atomic E-state index is 11.3. The average molecular weight is 354 g/mol. The number of carbonyl (C=O) groups is 1. The SMILES string of the molecule is CC[C@H]1CC[C@H]2[C@@H]3CC=C4C=C(OC(C)=O)C=C[C@]4(C)[C@@]34O[C@H]4C[C@]12C. The van der Waals surface area contributed by atoms with Gasteiger partial charge in [-0.3, -0.25) is 4.79 Å². The second-order valence-corrected chi connectivity index (χ2v) is 9.58. The van der Waals surface area contributed by atoms with Crippen molar-refractivity contribution in [2.75, 3.05) is 0 Å². The molecule has 7 atom stereocenters. The highest BCUT2D eigenvalue weighted by Gasteiger charge is 2.78. The average Bonchev–Trinajstić information content (AvgIpc) is 3.20. The summed E-state index contributed by atoms with van der Waals surface area (Å²) in [6.07, 6.45) is 15.4. The summed E-state index contributed by atoms with van der Waals surface area (Å²) in [5.74, 6) is 2.63. The fourth-order valence-electron chi connectivity index (χ4n) is 7.40. The lowest BCUT2D eigenvalue weighted by Crippen LogP contribution is -2.55. The molecule has 3 heteroatoms. The number of rotatable bonds is 2. The van der Waals surface area contributed by atoms with Crippen LogP contribution in [0.4, 0.5) is 0 Å². The van der Waals surface area contributed by atoms with Crippen LogP contribution in [0.15, 0.2) is 35.6 Å². The minimum Gasteiger partial charge on any atom is -0.427 e. The first kappa shape index (κ1) is 16.8. The third-order valence-electron chi connectivity index (χ3n) is 8.66. The molecule has 140 valence electrons. The standard InChI is InChI=1S/C23H30O3/c1-5-15-6-8-18-19-9-7-16-12-17(25-14(2)24)10-11-22(16,4)23(19)20(26-23)13-21(15,18)3/h7,10-12,15,18-20H,5-6,8-9,13H2,1-4H3/t15-,18-,19-,20-,21+,22-,23+/m0/s1. The normalized spacial score (nSPS) is 50.6. The third kappa shape index (κ3) is 1.86. The first-order valence-electron chi connectivity index (χ1n) is 10.3. The summed E-state index contributed by atoms with van der Waals surface area (Å²) in [7, 11) is 0. The van der Waals surface area contributed by atoms with Crippen molar-refractivity contribution in [1.29, 1.82) is 0 Å². The molecule has 0 aromatic carbocycles. The van der Waals surface area contributed by atoms with Crippen LogP contribution in [0.5, 0.6) is 0 Å². The Balaban J connectivity index is 1.53. The molecule has 4 aliphatic carbocycles. The molecule has 0 radical (unpaired) electrons. The maximum absolute atomic E-state index is 11.3. The Morgan fingerprint density at radius 3 is 2.85 bits per heavy atom. The van der Waals surface area contributed by atoms with Crippen molar-refractivity contribution in [1.82, 2.24) is 0 Å². The number of hydrogen-bond acceptors (Lipinski definition) is 3. The molecular weight excluding hydrogens is 324 g/mol. The Kier molecular flexibility index (Phi) is 3.31. The number of ether oxygens (including phenoxy) is 2. The van der Waals surface area contributed by atoms with Crippen LogP contribution in [0.3, 0.4) is 0 Å². The molecule has 0 amide bonds. The molecule has 1 heterocycles. The lowest BCUT2D eigenvalue weighted by molar-refractivity contribution is -0.136. The monoisotopic (exact) mass is 354 g/mol. The molecule has 1 saturated heterocycles. The highest BCUT2D eigenvalue weighted by molar-refractivity contribution is 5.68. The van der Waals surface area contributed by atoms with E-state index in [-0.39, 0.29) is 17.0 Å². The van der Waals surface area contributed by atoms with E-state index in [0.717, 1.165) is 18.3 Å². The van der Waals surface area contributed by atoms with Gasteiger partial charge in [0.1, 0.15) is 11.4 Å². The largest absolute Gasteiger partial charge is 0.427 e. The first-order valence-corrected chi connectivity index (χ1v) is 10.3. The Morgan fingerprint density at radius 1 is 1.31 bits per heavy atom. The summed E-state index contributed by atoms with van der Waals surface area (Å²) in [5.41, 5.74) is 1.57. The van der Waals surface area contributed by atoms with E-state index in [2.05, 4.69) is 39.0 Å². The van der Waals surface area contributed by atoms with Gasteiger partial charge < -0.3 is 9.47 Å². The van der Waals surface area contributed by atoms with Crippen molar-refractivity contribution >= 4 is 5.97 Å². The fraction of sp³-hybridized carbons (Fsp3) is 0.696. The van der Waals surface area contributed by atoms with Crippen molar-refractivity contribution in [2.45, 2.75) is 71.5 Å². The van der Waals surface area contributed by atoms with Crippen LogP contribution < -0.4 is 0 Å². The van der Waals surface area contributed by atoms with E-state index in [4.69, 9.17) is 9.47 Å². The van der Waals surface area contributed by atoms with Crippen molar-refractivity contribution in [3.63, 3.8) is 0 Å². The quantitative estimate of drug-likeness (QED) is 0.521. The van der Waals surface area contributed by atoms with E-state index in [1.54, 1.807) is 0 Å². The zero-order valence-corrected chi connectivity index (χ0v) is 16.4. The Morgan fingerprint density at radius 2 is 2.12 bits per heavy atom. The Bertz CT molecular complexity index is 761. The number of carbonyl (C=O) groups excluding carboxylic acids is 1. The van der Waals surface area contributed by atoms with Crippen LogP contribution in [0.25, 0.3) is 0 Å². The molecule has 0 N–H and O–H groups in total. The van der Waals surface area contributed by atoms with Gasteiger partial charge >= 0.3 is 5.97 Å². The molecule has 0 aromatic heterocycles. The van der Waals surface area contributed by atoms with Gasteiger partial charge in [-0.25, -0.2) is 0 Å². The summed E-state index contributed by atoms with van der Waals surface area (Å²) >= 11 is 0. The van der Waals surface area contributed by atoms with Gasteiger partial charge in [-0.1, -0.05) is 32.4 Å². The third-order valence-corrected chi connectivity index (χ3v) is 8.66. The molecule has 1 spiro atoms. The topological polar surface area (TPSA) is 38.8 Å². The van der Waals surface area contributed by atoms with Crippen molar-refractivity contribution in [3.8, 4) is 0 Å². The van der Waals surface area contributed by atoms with E-state index >= 15 is 0 Å². The van der Waals surface area contributed by atoms with Crippen LogP contribution >= 0.6 is 0 Å². The van der Waals surface area contributed by atoms with Crippen molar-refractivity contribution in [2.24, 2.45) is 28.6 Å². The van der Waals surface area contributed by atoms with Gasteiger partial charge in [-0.2, -0.15) is 0 Å². The van der Waals surface area contributed by atoms with Crippen LogP contribution in [0, 0.1) is 28.6 Å². The van der Waals surface area contributed by atoms with E-state index in [9.17, 15) is 4.79 Å². The predicted molar refractivity (Wildman–Crippen MR) is 100 cm³/mol. The second kappa shape index (κ2) is 5.13. The summed E-state index contributed by atoms with van der Waals surface area (Å²) in [4.78, 5) is 11.3. The van der Waals surface area contributed by atoms with E-state index < -0.39 is 0 Å². The minimum atomic E-state index is -0.262. The molecule has 3 fully saturated rings. The zero-order chi connectivity index (χ0) is 18.3. The molecule has 5 rings (SSSR count). The highest BCUT2D eigenvalue weighted by Crippen LogP contribution is 2.74. The van der Waals surface area contributed by atoms with Gasteiger partial charge in [0.25, 0.3) is 0 Å². The summed E-state index contributed by atoms with van der Waals surface area (Å²) in [5, 5.41) is 0. The van der Waals surface area contributed by atoms with Gasteiger partial charge in [0.2, 0.25) is 0 Å². The number of hydrogen-bond donors (Lipinski definition) is 0. The van der Waals surface area contributed by atoms with Crippen LogP contribution in [-0.2, 0) is 14.3 Å². The second-order valence-electron chi connectivity index (χ2n) is 9.58. The summed E-state index contributed by atoms with van der Waals surface area (Å²) in [6, 6.07) is 0. The maximum Gasteiger partial charge on any atom is 0.308 e. The summed E-state index contributed by atoms with van der Waals surface area (Å²) in [6.45, 7) is 8.69. The number of allylic oxidation sites excluding steroid dienone is 3. The van der Waals surface area contributed by atoms with Crippen LogP contribution in [0.1, 0.15) is 59.8 Å². The predicted octanol–water partition coefficient (Wildman–Crippen LogP) is 4.94. The Hall–Kier alpha value is -1.35. The molecule has 0 aromatic rings. The molecule has 5 aliphatic rings. The van der Waals surface area contributed by atoms with Gasteiger partial charge in [0.05, 0.1) is 6.10 Å². The molecule has 2 saturated carbocycles. The van der Waals surface area contributed by atoms with Gasteiger partial charge in [-0.15, -0.1) is 0 Å². The Labute approximate surface area is 156 Å². The molecule has 26 heavy (non-hydrogen) atoms. The van der Waals surface area contributed by atoms with E-state index in [1.165, 1.54) is 38.2 Å². The van der Waals surface area contributed by atoms with Gasteiger partial charge in [0.15, 0.2) is 0 Å². The van der Waals surface area contributed by atoms with E-state index in [1.807, 2.05) is 6.08 Å². The number of epoxide rings is 1. The summed E-state index contributed by atoms with van der Waals surface area (Å²) < 4.78 is 12.0. The van der Waals surface area contributed by atoms with E-state index in [0.29, 0.717) is 23.2 Å². The molecule has 1 aliphatic heterocycles. The van der Waals surface area contributed by atoms with Crippen molar-refractivity contribution in [3.05, 3.63) is 35.6 Å². The lowest BCUT2D eigenvalue weighted by Gasteiger charge is -2.53.